The van der Waals surface area contributed by atoms with E-state index in [2.05, 4.69) is 5.32 Å². The highest BCUT2D eigenvalue weighted by atomic mass is 19.1. The zero-order valence-corrected chi connectivity index (χ0v) is 20.8. The first-order valence-corrected chi connectivity index (χ1v) is 12.2. The van der Waals surface area contributed by atoms with Crippen LogP contribution in [0.5, 0.6) is 0 Å². The van der Waals surface area contributed by atoms with Gasteiger partial charge in [-0.3, -0.25) is 9.59 Å². The summed E-state index contributed by atoms with van der Waals surface area (Å²) in [6, 6.07) is 23.3. The average Bonchev–Trinajstić information content (AvgIpc) is 2.86. The van der Waals surface area contributed by atoms with E-state index in [-0.39, 0.29) is 30.6 Å². The lowest BCUT2D eigenvalue weighted by molar-refractivity contribution is -0.141. The first-order chi connectivity index (χ1) is 16.8. The van der Waals surface area contributed by atoms with Crippen molar-refractivity contribution in [1.82, 2.24) is 10.2 Å². The molecule has 3 aromatic rings. The summed E-state index contributed by atoms with van der Waals surface area (Å²) < 4.78 is 13.5. The summed E-state index contributed by atoms with van der Waals surface area (Å²) in [5.74, 6) is -0.315. The maximum atomic E-state index is 13.6. The maximum absolute atomic E-state index is 13.6. The first kappa shape index (κ1) is 26.1. The van der Waals surface area contributed by atoms with Gasteiger partial charge < -0.3 is 10.2 Å². The van der Waals surface area contributed by atoms with E-state index in [0.717, 1.165) is 16.7 Å². The highest BCUT2D eigenvalue weighted by Crippen LogP contribution is 2.17. The van der Waals surface area contributed by atoms with E-state index in [0.29, 0.717) is 25.3 Å². The smallest absolute Gasteiger partial charge is 0.243 e. The summed E-state index contributed by atoms with van der Waals surface area (Å²) in [5, 5.41) is 3.02. The number of carbonyl (C=O) groups is 2. The van der Waals surface area contributed by atoms with Gasteiger partial charge in [-0.05, 0) is 48.1 Å². The van der Waals surface area contributed by atoms with Crippen molar-refractivity contribution in [2.45, 2.75) is 52.6 Å². The van der Waals surface area contributed by atoms with Crippen LogP contribution in [0.4, 0.5) is 4.39 Å². The topological polar surface area (TPSA) is 49.4 Å². The van der Waals surface area contributed by atoms with Crippen LogP contribution in [0.15, 0.2) is 78.9 Å². The van der Waals surface area contributed by atoms with Crippen molar-refractivity contribution in [3.63, 3.8) is 0 Å². The van der Waals surface area contributed by atoms with Gasteiger partial charge in [0.15, 0.2) is 0 Å². The molecule has 0 saturated carbocycles. The third-order valence-corrected chi connectivity index (χ3v) is 5.97. The number of benzene rings is 3. The van der Waals surface area contributed by atoms with Crippen LogP contribution in [-0.4, -0.2) is 29.3 Å². The third-order valence-electron chi connectivity index (χ3n) is 5.97. The van der Waals surface area contributed by atoms with Gasteiger partial charge in [-0.15, -0.1) is 0 Å². The van der Waals surface area contributed by atoms with Crippen LogP contribution < -0.4 is 5.32 Å². The number of halogens is 1. The molecule has 2 amide bonds. The number of nitrogens with one attached hydrogen (secondary N) is 1. The number of aryl methyl sites for hydroxylation is 2. The Morgan fingerprint density at radius 3 is 2.11 bits per heavy atom. The number of rotatable bonds is 11. The van der Waals surface area contributed by atoms with Gasteiger partial charge in [0.1, 0.15) is 11.9 Å². The molecule has 0 aliphatic heterocycles. The second-order valence-electron chi connectivity index (χ2n) is 9.48. The average molecular weight is 475 g/mol. The van der Waals surface area contributed by atoms with E-state index in [1.54, 1.807) is 17.0 Å². The highest BCUT2D eigenvalue weighted by molar-refractivity contribution is 5.88. The molecule has 0 heterocycles. The molecule has 0 unspecified atom stereocenters. The molecule has 0 aliphatic rings. The number of carbonyl (C=O) groups excluding carboxylic acids is 2. The second-order valence-corrected chi connectivity index (χ2v) is 9.48. The molecule has 5 heteroatoms. The molecule has 4 nitrogen and oxygen atoms in total. The Morgan fingerprint density at radius 2 is 1.49 bits per heavy atom. The lowest BCUT2D eigenvalue weighted by atomic mass is 10.0. The fourth-order valence-electron chi connectivity index (χ4n) is 3.91. The SMILES string of the molecule is Cc1ccc(CCC(=O)N(Cc2ccc(F)cc2)[C@H](Cc2ccccc2)C(=O)NCC(C)C)cc1. The highest BCUT2D eigenvalue weighted by Gasteiger charge is 2.30. The zero-order chi connectivity index (χ0) is 25.2. The molecule has 3 rings (SSSR count). The predicted molar refractivity (Wildman–Crippen MR) is 138 cm³/mol. The minimum absolute atomic E-state index is 0.101. The van der Waals surface area contributed by atoms with Crippen molar-refractivity contribution in [1.29, 1.82) is 0 Å². The molecule has 0 aliphatic carbocycles. The molecule has 3 aromatic carbocycles. The van der Waals surface area contributed by atoms with Gasteiger partial charge in [0.05, 0.1) is 0 Å². The second kappa shape index (κ2) is 12.8. The molecule has 0 saturated heterocycles. The van der Waals surface area contributed by atoms with Gasteiger partial charge in [0.2, 0.25) is 11.8 Å². The molecule has 184 valence electrons. The Hall–Kier alpha value is -3.47. The quantitative estimate of drug-likeness (QED) is 0.400. The Labute approximate surface area is 208 Å². The monoisotopic (exact) mass is 474 g/mol. The zero-order valence-electron chi connectivity index (χ0n) is 20.8. The van der Waals surface area contributed by atoms with Crippen molar-refractivity contribution in [2.75, 3.05) is 6.54 Å². The van der Waals surface area contributed by atoms with Gasteiger partial charge >= 0.3 is 0 Å². The van der Waals surface area contributed by atoms with Crippen molar-refractivity contribution < 1.29 is 14.0 Å². The number of nitrogens with zero attached hydrogens (tertiary/aromatic N) is 1. The molecular weight excluding hydrogens is 439 g/mol. The minimum atomic E-state index is -0.674. The molecule has 0 bridgehead atoms. The Balaban J connectivity index is 1.88. The number of amides is 2. The van der Waals surface area contributed by atoms with Crippen LogP contribution in [0.25, 0.3) is 0 Å². The molecule has 0 fully saturated rings. The van der Waals surface area contributed by atoms with Gasteiger partial charge in [-0.25, -0.2) is 4.39 Å². The lowest BCUT2D eigenvalue weighted by Crippen LogP contribution is -2.51. The summed E-state index contributed by atoms with van der Waals surface area (Å²) >= 11 is 0. The summed E-state index contributed by atoms with van der Waals surface area (Å²) in [6.45, 7) is 6.87. The fourth-order valence-corrected chi connectivity index (χ4v) is 3.91. The molecular formula is C30H35FN2O2. The van der Waals surface area contributed by atoms with E-state index < -0.39 is 6.04 Å². The number of hydrogen-bond acceptors (Lipinski definition) is 2. The summed E-state index contributed by atoms with van der Waals surface area (Å²) in [7, 11) is 0. The minimum Gasteiger partial charge on any atom is -0.354 e. The van der Waals surface area contributed by atoms with E-state index in [1.807, 2.05) is 75.4 Å². The first-order valence-electron chi connectivity index (χ1n) is 12.2. The van der Waals surface area contributed by atoms with Gasteiger partial charge in [-0.1, -0.05) is 86.1 Å². The van der Waals surface area contributed by atoms with E-state index in [1.165, 1.54) is 17.7 Å². The summed E-state index contributed by atoms with van der Waals surface area (Å²) in [5.41, 5.74) is 4.01. The van der Waals surface area contributed by atoms with Crippen molar-refractivity contribution in [2.24, 2.45) is 5.92 Å². The Morgan fingerprint density at radius 1 is 0.857 bits per heavy atom. The van der Waals surface area contributed by atoms with Gasteiger partial charge in [-0.2, -0.15) is 0 Å². The molecule has 35 heavy (non-hydrogen) atoms. The van der Waals surface area contributed by atoms with Crippen molar-refractivity contribution in [3.8, 4) is 0 Å². The van der Waals surface area contributed by atoms with Crippen LogP contribution in [0.2, 0.25) is 0 Å². The summed E-state index contributed by atoms with van der Waals surface area (Å²) in [6.07, 6.45) is 1.28. The van der Waals surface area contributed by atoms with Crippen LogP contribution in [0.3, 0.4) is 0 Å². The van der Waals surface area contributed by atoms with E-state index >= 15 is 0 Å². The van der Waals surface area contributed by atoms with E-state index in [9.17, 15) is 14.0 Å². The van der Waals surface area contributed by atoms with Crippen molar-refractivity contribution >= 4 is 11.8 Å². The molecule has 0 radical (unpaired) electrons. The normalized spacial score (nSPS) is 11.8. The van der Waals surface area contributed by atoms with Crippen molar-refractivity contribution in [3.05, 3.63) is 107 Å². The maximum Gasteiger partial charge on any atom is 0.243 e. The molecule has 1 N–H and O–H groups in total. The van der Waals surface area contributed by atoms with E-state index in [4.69, 9.17) is 0 Å². The number of hydrogen-bond donors (Lipinski definition) is 1. The van der Waals surface area contributed by atoms with Crippen LogP contribution in [-0.2, 0) is 29.0 Å². The third kappa shape index (κ3) is 8.36. The Kier molecular flexibility index (Phi) is 9.59. The van der Waals surface area contributed by atoms with Crippen LogP contribution in [0, 0.1) is 18.7 Å². The Bertz CT molecular complexity index is 1080. The molecule has 1 atom stereocenters. The fraction of sp³-hybridized carbons (Fsp3) is 0.333. The molecule has 0 spiro atoms. The summed E-state index contributed by atoms with van der Waals surface area (Å²) in [4.78, 5) is 28.6. The van der Waals surface area contributed by atoms with Gasteiger partial charge in [0, 0.05) is 25.9 Å². The largest absolute Gasteiger partial charge is 0.354 e. The van der Waals surface area contributed by atoms with Gasteiger partial charge in [0.25, 0.3) is 0 Å². The standard InChI is InChI=1S/C30H35FN2O2/c1-22(2)20-32-30(35)28(19-25-7-5-4-6-8-25)33(21-26-13-16-27(31)17-14-26)29(34)18-15-24-11-9-23(3)10-12-24/h4-14,16-17,22,28H,15,18-21H2,1-3H3,(H,32,35)/t28-/m1/s1. The molecule has 0 aromatic heterocycles. The van der Waals surface area contributed by atoms with Crippen LogP contribution >= 0.6 is 0 Å². The van der Waals surface area contributed by atoms with Crippen LogP contribution in [0.1, 0.15) is 42.5 Å². The predicted octanol–water partition coefficient (Wildman–Crippen LogP) is 5.48. The lowest BCUT2D eigenvalue weighted by Gasteiger charge is -2.32.